The van der Waals surface area contributed by atoms with E-state index in [0.29, 0.717) is 5.69 Å². The maximum atomic E-state index is 12.5. The highest BCUT2D eigenvalue weighted by molar-refractivity contribution is 5.18. The van der Waals surface area contributed by atoms with Crippen LogP contribution in [0.15, 0.2) is 12.3 Å². The van der Waals surface area contributed by atoms with Gasteiger partial charge in [-0.1, -0.05) is 0 Å². The predicted molar refractivity (Wildman–Crippen MR) is 33.9 cm³/mol. The number of halogens is 3. The summed E-state index contributed by atoms with van der Waals surface area (Å²) in [6.45, 7) is 1.53. The van der Waals surface area contributed by atoms with Crippen LogP contribution >= 0.6 is 0 Å². The number of alkyl halides is 2. The predicted octanol–water partition coefficient (Wildman–Crippen LogP) is 2.47. The van der Waals surface area contributed by atoms with Crippen molar-refractivity contribution in [2.45, 2.75) is 13.3 Å². The lowest BCUT2D eigenvalue weighted by molar-refractivity contribution is 0.146. The van der Waals surface area contributed by atoms with E-state index in [1.54, 1.807) is 0 Å². The first-order chi connectivity index (χ1) is 5.11. The van der Waals surface area contributed by atoms with Crippen LogP contribution in [0.2, 0.25) is 0 Å². The Balaban J connectivity index is 3.13. The Morgan fingerprint density at radius 2 is 2.09 bits per heavy atom. The lowest BCUT2D eigenvalue weighted by Crippen LogP contribution is -1.93. The molecule has 1 heterocycles. The number of rotatable bonds is 1. The quantitative estimate of drug-likeness (QED) is 0.616. The summed E-state index contributed by atoms with van der Waals surface area (Å²) in [5.41, 5.74) is -0.195. The molecule has 1 aromatic heterocycles. The number of hydrogen-bond donors (Lipinski definition) is 0. The van der Waals surface area contributed by atoms with Gasteiger partial charge in [-0.05, 0) is 13.0 Å². The van der Waals surface area contributed by atoms with Crippen molar-refractivity contribution in [3.8, 4) is 0 Å². The molecule has 0 saturated carbocycles. The molecule has 0 unspecified atom stereocenters. The van der Waals surface area contributed by atoms with Crippen LogP contribution in [0, 0.1) is 12.7 Å². The van der Waals surface area contributed by atoms with Crippen molar-refractivity contribution in [3.63, 3.8) is 0 Å². The molecule has 0 aliphatic rings. The summed E-state index contributed by atoms with van der Waals surface area (Å²) >= 11 is 0. The lowest BCUT2D eigenvalue weighted by Gasteiger charge is -2.00. The summed E-state index contributed by atoms with van der Waals surface area (Å²) in [7, 11) is 0. The summed E-state index contributed by atoms with van der Waals surface area (Å²) in [5.74, 6) is -0.953. The molecule has 0 aromatic carbocycles. The second-order valence-corrected chi connectivity index (χ2v) is 2.15. The number of aromatic nitrogens is 1. The van der Waals surface area contributed by atoms with E-state index in [9.17, 15) is 13.2 Å². The standard InChI is InChI=1S/C7H6F3N/c1-4-2-5(7(9)10)6(8)3-11-4/h2-3,7H,1H3. The van der Waals surface area contributed by atoms with E-state index in [0.717, 1.165) is 12.3 Å². The fraction of sp³-hybridized carbons (Fsp3) is 0.286. The first-order valence-corrected chi connectivity index (χ1v) is 3.01. The van der Waals surface area contributed by atoms with Crippen molar-refractivity contribution in [2.24, 2.45) is 0 Å². The van der Waals surface area contributed by atoms with Crippen LogP contribution < -0.4 is 0 Å². The summed E-state index contributed by atoms with van der Waals surface area (Å²) in [6, 6.07) is 1.04. The maximum Gasteiger partial charge on any atom is 0.266 e. The third-order valence-electron chi connectivity index (χ3n) is 1.26. The van der Waals surface area contributed by atoms with Gasteiger partial charge in [0.05, 0.1) is 11.8 Å². The number of nitrogens with zero attached hydrogens (tertiary/aromatic N) is 1. The van der Waals surface area contributed by atoms with Gasteiger partial charge in [-0.15, -0.1) is 0 Å². The molecular weight excluding hydrogens is 155 g/mol. The third-order valence-corrected chi connectivity index (χ3v) is 1.26. The van der Waals surface area contributed by atoms with E-state index in [1.807, 2.05) is 0 Å². The van der Waals surface area contributed by atoms with Gasteiger partial charge in [0.15, 0.2) is 0 Å². The Morgan fingerprint density at radius 3 is 2.55 bits per heavy atom. The topological polar surface area (TPSA) is 12.9 Å². The zero-order valence-corrected chi connectivity index (χ0v) is 5.81. The molecule has 11 heavy (non-hydrogen) atoms. The molecule has 0 saturated heterocycles. The summed E-state index contributed by atoms with van der Waals surface area (Å²) < 4.78 is 36.4. The molecule has 0 fully saturated rings. The summed E-state index contributed by atoms with van der Waals surface area (Å²) in [5, 5.41) is 0. The van der Waals surface area contributed by atoms with Crippen molar-refractivity contribution < 1.29 is 13.2 Å². The van der Waals surface area contributed by atoms with Gasteiger partial charge in [0, 0.05) is 5.69 Å². The molecule has 0 bridgehead atoms. The molecule has 0 N–H and O–H groups in total. The minimum absolute atomic E-state index is 0.390. The Kier molecular flexibility index (Phi) is 2.12. The Bertz CT molecular complexity index is 260. The van der Waals surface area contributed by atoms with Crippen molar-refractivity contribution in [2.75, 3.05) is 0 Å². The molecule has 60 valence electrons. The van der Waals surface area contributed by atoms with Gasteiger partial charge < -0.3 is 0 Å². The molecule has 0 amide bonds. The fourth-order valence-corrected chi connectivity index (χ4v) is 0.732. The lowest BCUT2D eigenvalue weighted by atomic mass is 10.2. The maximum absolute atomic E-state index is 12.5. The molecule has 1 nitrogen and oxygen atoms in total. The molecule has 0 spiro atoms. The monoisotopic (exact) mass is 161 g/mol. The van der Waals surface area contributed by atoms with E-state index in [-0.39, 0.29) is 0 Å². The number of aryl methyl sites for hydroxylation is 1. The van der Waals surface area contributed by atoms with Crippen molar-refractivity contribution >= 4 is 0 Å². The molecule has 0 radical (unpaired) electrons. The first kappa shape index (κ1) is 8.04. The molecule has 1 rings (SSSR count). The minimum atomic E-state index is -2.77. The van der Waals surface area contributed by atoms with Crippen molar-refractivity contribution in [1.29, 1.82) is 0 Å². The highest BCUT2D eigenvalue weighted by Gasteiger charge is 2.12. The molecule has 4 heteroatoms. The second kappa shape index (κ2) is 2.90. The highest BCUT2D eigenvalue weighted by Crippen LogP contribution is 2.21. The van der Waals surface area contributed by atoms with Gasteiger partial charge in [-0.2, -0.15) is 0 Å². The second-order valence-electron chi connectivity index (χ2n) is 2.15. The SMILES string of the molecule is Cc1cc(C(F)F)c(F)cn1. The van der Waals surface area contributed by atoms with Crippen LogP contribution in [0.4, 0.5) is 13.2 Å². The average molecular weight is 161 g/mol. The smallest absolute Gasteiger partial charge is 0.259 e. The zero-order chi connectivity index (χ0) is 8.43. The van der Waals surface area contributed by atoms with Crippen LogP contribution in [0.5, 0.6) is 0 Å². The van der Waals surface area contributed by atoms with Crippen LogP contribution in [0.1, 0.15) is 17.7 Å². The molecule has 1 aromatic rings. The third kappa shape index (κ3) is 1.69. The minimum Gasteiger partial charge on any atom is -0.259 e. The van der Waals surface area contributed by atoms with Crippen molar-refractivity contribution in [1.82, 2.24) is 4.98 Å². The highest BCUT2D eigenvalue weighted by atomic mass is 19.3. The number of hydrogen-bond acceptors (Lipinski definition) is 1. The Labute approximate surface area is 61.9 Å². The Morgan fingerprint density at radius 1 is 1.45 bits per heavy atom. The molecule has 0 atom stereocenters. The van der Waals surface area contributed by atoms with E-state index in [2.05, 4.69) is 4.98 Å². The molecule has 0 aliphatic heterocycles. The van der Waals surface area contributed by atoms with Gasteiger partial charge in [-0.3, -0.25) is 4.98 Å². The summed E-state index contributed by atoms with van der Waals surface area (Å²) in [4.78, 5) is 3.51. The van der Waals surface area contributed by atoms with E-state index in [1.165, 1.54) is 6.92 Å². The Hall–Kier alpha value is -1.06. The van der Waals surface area contributed by atoms with Gasteiger partial charge in [0.2, 0.25) is 0 Å². The molecular formula is C7H6F3N. The summed E-state index contributed by atoms with van der Waals surface area (Å²) in [6.07, 6.45) is -1.96. The van der Waals surface area contributed by atoms with Gasteiger partial charge >= 0.3 is 0 Å². The van der Waals surface area contributed by atoms with E-state index >= 15 is 0 Å². The number of pyridine rings is 1. The first-order valence-electron chi connectivity index (χ1n) is 3.01. The van der Waals surface area contributed by atoms with Gasteiger partial charge in [0.25, 0.3) is 6.43 Å². The van der Waals surface area contributed by atoms with E-state index in [4.69, 9.17) is 0 Å². The average Bonchev–Trinajstić information content (AvgIpc) is 1.94. The zero-order valence-electron chi connectivity index (χ0n) is 5.81. The van der Waals surface area contributed by atoms with Crippen molar-refractivity contribution in [3.05, 3.63) is 29.3 Å². The fourth-order valence-electron chi connectivity index (χ4n) is 0.732. The van der Waals surface area contributed by atoms with Gasteiger partial charge in [0.1, 0.15) is 5.82 Å². The van der Waals surface area contributed by atoms with Crippen LogP contribution in [-0.4, -0.2) is 4.98 Å². The van der Waals surface area contributed by atoms with E-state index < -0.39 is 17.8 Å². The van der Waals surface area contributed by atoms with Gasteiger partial charge in [-0.25, -0.2) is 13.2 Å². The van der Waals surface area contributed by atoms with Crippen LogP contribution in [0.25, 0.3) is 0 Å². The van der Waals surface area contributed by atoms with Crippen LogP contribution in [-0.2, 0) is 0 Å². The van der Waals surface area contributed by atoms with Crippen LogP contribution in [0.3, 0.4) is 0 Å². The normalized spacial score (nSPS) is 10.6. The largest absolute Gasteiger partial charge is 0.266 e. The molecule has 0 aliphatic carbocycles.